The van der Waals surface area contributed by atoms with Crippen LogP contribution < -0.4 is 5.32 Å². The van der Waals surface area contributed by atoms with Crippen molar-refractivity contribution in [1.82, 2.24) is 10.2 Å². The Hall–Kier alpha value is -1.06. The highest BCUT2D eigenvalue weighted by atomic mass is 16.2. The van der Waals surface area contributed by atoms with Crippen molar-refractivity contribution in [2.24, 2.45) is 0 Å². The predicted octanol–water partition coefficient (Wildman–Crippen LogP) is 2.61. The Morgan fingerprint density at radius 3 is 2.30 bits per heavy atom. The summed E-state index contributed by atoms with van der Waals surface area (Å²) in [5, 5.41) is 3.08. The van der Waals surface area contributed by atoms with Crippen LogP contribution in [-0.4, -0.2) is 33.8 Å². The number of amides is 2. The zero-order valence-corrected chi connectivity index (χ0v) is 13.3. The minimum absolute atomic E-state index is 0.0375. The van der Waals surface area contributed by atoms with E-state index in [1.807, 2.05) is 11.8 Å². The summed E-state index contributed by atoms with van der Waals surface area (Å²) in [4.78, 5) is 27.5. The molecule has 1 heterocycles. The number of carbonyl (C=O) groups is 2. The molecule has 1 atom stereocenters. The Morgan fingerprint density at radius 2 is 1.80 bits per heavy atom. The average Bonchev–Trinajstić information content (AvgIpc) is 2.43. The van der Waals surface area contributed by atoms with Crippen molar-refractivity contribution in [3.8, 4) is 0 Å². The van der Waals surface area contributed by atoms with Crippen molar-refractivity contribution in [3.63, 3.8) is 0 Å². The molecule has 1 unspecified atom stereocenters. The fourth-order valence-corrected chi connectivity index (χ4v) is 3.59. The number of nitrogens with one attached hydrogen (secondary N) is 1. The zero-order chi connectivity index (χ0) is 15.0. The van der Waals surface area contributed by atoms with Gasteiger partial charge in [-0.2, -0.15) is 0 Å². The smallest absolute Gasteiger partial charge is 0.249 e. The number of hydrogen-bond acceptors (Lipinski definition) is 2. The molecular formula is C16H28N2O2. The van der Waals surface area contributed by atoms with Gasteiger partial charge in [-0.1, -0.05) is 33.1 Å². The van der Waals surface area contributed by atoms with Crippen LogP contribution in [0, 0.1) is 0 Å². The predicted molar refractivity (Wildman–Crippen MR) is 79.3 cm³/mol. The first-order chi connectivity index (χ1) is 9.38. The molecule has 1 aliphatic heterocycles. The Bertz CT molecular complexity index is 397. The highest BCUT2D eigenvalue weighted by Gasteiger charge is 2.53. The second-order valence-electron chi connectivity index (χ2n) is 6.90. The molecule has 1 saturated carbocycles. The zero-order valence-electron chi connectivity index (χ0n) is 13.3. The van der Waals surface area contributed by atoms with Crippen molar-refractivity contribution in [3.05, 3.63) is 0 Å². The van der Waals surface area contributed by atoms with E-state index >= 15 is 0 Å². The van der Waals surface area contributed by atoms with Crippen LogP contribution in [-0.2, 0) is 9.59 Å². The molecule has 1 aliphatic carbocycles. The molecule has 1 saturated heterocycles. The second-order valence-corrected chi connectivity index (χ2v) is 6.90. The summed E-state index contributed by atoms with van der Waals surface area (Å²) in [6.07, 6.45) is 6.36. The molecule has 0 bridgehead atoms. The van der Waals surface area contributed by atoms with E-state index in [1.54, 1.807) is 0 Å². The molecule has 1 N–H and O–H groups in total. The first kappa shape index (κ1) is 15.3. The maximum absolute atomic E-state index is 13.1. The van der Waals surface area contributed by atoms with E-state index in [-0.39, 0.29) is 23.4 Å². The van der Waals surface area contributed by atoms with Gasteiger partial charge in [0.25, 0.3) is 0 Å². The van der Waals surface area contributed by atoms with Crippen molar-refractivity contribution >= 4 is 11.8 Å². The summed E-state index contributed by atoms with van der Waals surface area (Å²) in [6, 6.07) is -0.315. The van der Waals surface area contributed by atoms with Gasteiger partial charge in [-0.25, -0.2) is 0 Å². The molecule has 0 radical (unpaired) electrons. The van der Waals surface area contributed by atoms with Gasteiger partial charge < -0.3 is 10.2 Å². The summed E-state index contributed by atoms with van der Waals surface area (Å²) in [5.74, 6) is 0.186. The van der Waals surface area contributed by atoms with Gasteiger partial charge in [0.05, 0.1) is 0 Å². The van der Waals surface area contributed by atoms with E-state index in [0.29, 0.717) is 6.42 Å². The molecule has 114 valence electrons. The standard InChI is InChI=1S/C16H28N2O2/c1-5-12-13(19)17-16(10-8-7-9-11-16)14(20)18(12)15(3,4)6-2/h12H,5-11H2,1-4H3,(H,17,19). The van der Waals surface area contributed by atoms with E-state index in [1.165, 1.54) is 6.42 Å². The van der Waals surface area contributed by atoms with E-state index in [9.17, 15) is 9.59 Å². The van der Waals surface area contributed by atoms with Crippen molar-refractivity contribution in [2.45, 2.75) is 89.8 Å². The van der Waals surface area contributed by atoms with Crippen LogP contribution in [0.3, 0.4) is 0 Å². The first-order valence-electron chi connectivity index (χ1n) is 8.04. The van der Waals surface area contributed by atoms with Gasteiger partial charge in [0.2, 0.25) is 11.8 Å². The van der Waals surface area contributed by atoms with E-state index in [4.69, 9.17) is 0 Å². The number of piperazine rings is 1. The van der Waals surface area contributed by atoms with E-state index in [2.05, 4.69) is 26.1 Å². The maximum Gasteiger partial charge on any atom is 0.249 e. The lowest BCUT2D eigenvalue weighted by atomic mass is 9.76. The van der Waals surface area contributed by atoms with Crippen LogP contribution in [0.5, 0.6) is 0 Å². The van der Waals surface area contributed by atoms with Crippen molar-refractivity contribution in [2.75, 3.05) is 0 Å². The highest BCUT2D eigenvalue weighted by Crippen LogP contribution is 2.37. The third kappa shape index (κ3) is 2.33. The molecule has 0 aromatic heterocycles. The van der Waals surface area contributed by atoms with E-state index in [0.717, 1.165) is 32.1 Å². The van der Waals surface area contributed by atoms with Crippen LogP contribution in [0.25, 0.3) is 0 Å². The van der Waals surface area contributed by atoms with Crippen LogP contribution >= 0.6 is 0 Å². The van der Waals surface area contributed by atoms with Gasteiger partial charge in [0.1, 0.15) is 11.6 Å². The van der Waals surface area contributed by atoms with Gasteiger partial charge in [0.15, 0.2) is 0 Å². The lowest BCUT2D eigenvalue weighted by Crippen LogP contribution is -2.74. The molecule has 4 heteroatoms. The monoisotopic (exact) mass is 280 g/mol. The normalized spacial score (nSPS) is 26.8. The number of hydrogen-bond donors (Lipinski definition) is 1. The van der Waals surface area contributed by atoms with E-state index < -0.39 is 5.54 Å². The molecule has 0 aromatic rings. The molecule has 1 spiro atoms. The van der Waals surface area contributed by atoms with Gasteiger partial charge >= 0.3 is 0 Å². The number of rotatable bonds is 3. The molecular weight excluding hydrogens is 252 g/mol. The quantitative estimate of drug-likeness (QED) is 0.864. The molecule has 0 aromatic carbocycles. The third-order valence-electron chi connectivity index (χ3n) is 5.22. The third-order valence-corrected chi connectivity index (χ3v) is 5.22. The van der Waals surface area contributed by atoms with Crippen LogP contribution in [0.1, 0.15) is 72.6 Å². The van der Waals surface area contributed by atoms with Gasteiger partial charge in [-0.05, 0) is 39.5 Å². The Morgan fingerprint density at radius 1 is 1.20 bits per heavy atom. The number of nitrogens with zero attached hydrogens (tertiary/aromatic N) is 1. The maximum atomic E-state index is 13.1. The SMILES string of the molecule is CCC1C(=O)NC2(CCCCC2)C(=O)N1C(C)(C)CC. The Balaban J connectivity index is 2.39. The lowest BCUT2D eigenvalue weighted by Gasteiger charge is -2.53. The Kier molecular flexibility index (Phi) is 4.12. The fraction of sp³-hybridized carbons (Fsp3) is 0.875. The molecule has 20 heavy (non-hydrogen) atoms. The minimum atomic E-state index is -0.618. The lowest BCUT2D eigenvalue weighted by molar-refractivity contribution is -0.164. The van der Waals surface area contributed by atoms with Crippen LogP contribution in [0.2, 0.25) is 0 Å². The molecule has 2 fully saturated rings. The van der Waals surface area contributed by atoms with Crippen molar-refractivity contribution in [1.29, 1.82) is 0 Å². The van der Waals surface area contributed by atoms with Crippen LogP contribution in [0.15, 0.2) is 0 Å². The molecule has 4 nitrogen and oxygen atoms in total. The van der Waals surface area contributed by atoms with Gasteiger partial charge in [0, 0.05) is 5.54 Å². The largest absolute Gasteiger partial charge is 0.340 e. The fourth-order valence-electron chi connectivity index (χ4n) is 3.59. The summed E-state index contributed by atoms with van der Waals surface area (Å²) in [5.41, 5.74) is -0.882. The summed E-state index contributed by atoms with van der Waals surface area (Å²) in [6.45, 7) is 8.21. The Labute approximate surface area is 122 Å². The summed E-state index contributed by atoms with van der Waals surface area (Å²) < 4.78 is 0. The summed E-state index contributed by atoms with van der Waals surface area (Å²) in [7, 11) is 0. The number of carbonyl (C=O) groups excluding carboxylic acids is 2. The summed E-state index contributed by atoms with van der Waals surface area (Å²) >= 11 is 0. The molecule has 2 aliphatic rings. The average molecular weight is 280 g/mol. The molecule has 2 rings (SSSR count). The van der Waals surface area contributed by atoms with Crippen molar-refractivity contribution < 1.29 is 9.59 Å². The van der Waals surface area contributed by atoms with Gasteiger partial charge in [-0.15, -0.1) is 0 Å². The highest BCUT2D eigenvalue weighted by molar-refractivity contribution is 6.00. The topological polar surface area (TPSA) is 49.4 Å². The molecule has 2 amide bonds. The first-order valence-corrected chi connectivity index (χ1v) is 8.04. The minimum Gasteiger partial charge on any atom is -0.340 e. The van der Waals surface area contributed by atoms with Crippen LogP contribution in [0.4, 0.5) is 0 Å². The van der Waals surface area contributed by atoms with Gasteiger partial charge in [-0.3, -0.25) is 9.59 Å². The second kappa shape index (κ2) is 5.38.